The SMILES string of the molecule is CC1(C(=O)OC2CC3C=C[C@H](C2)[N+]3(C)C)c2ccccc2-c2ccccc21. The Hall–Kier alpha value is -2.39. The second kappa shape index (κ2) is 5.56. The lowest BCUT2D eigenvalue weighted by atomic mass is 9.80. The number of carbonyl (C=O) groups is 1. The van der Waals surface area contributed by atoms with Gasteiger partial charge in [-0.05, 0) is 41.3 Å². The summed E-state index contributed by atoms with van der Waals surface area (Å²) >= 11 is 0. The van der Waals surface area contributed by atoms with E-state index in [1.54, 1.807) is 0 Å². The van der Waals surface area contributed by atoms with Gasteiger partial charge in [0, 0.05) is 12.8 Å². The highest BCUT2D eigenvalue weighted by Crippen LogP contribution is 2.49. The van der Waals surface area contributed by atoms with Gasteiger partial charge in [0.1, 0.15) is 23.6 Å². The van der Waals surface area contributed by atoms with Gasteiger partial charge in [-0.2, -0.15) is 0 Å². The Bertz CT molecular complexity index is 895. The third-order valence-electron chi connectivity index (χ3n) is 7.18. The van der Waals surface area contributed by atoms with Crippen LogP contribution in [0.4, 0.5) is 0 Å². The van der Waals surface area contributed by atoms with Gasteiger partial charge in [-0.15, -0.1) is 0 Å². The van der Waals surface area contributed by atoms with Gasteiger partial charge in [-0.25, -0.2) is 0 Å². The zero-order chi connectivity index (χ0) is 18.8. The van der Waals surface area contributed by atoms with Crippen molar-refractivity contribution in [1.82, 2.24) is 0 Å². The van der Waals surface area contributed by atoms with E-state index in [9.17, 15) is 4.79 Å². The number of hydrogen-bond acceptors (Lipinski definition) is 2. The molecule has 5 rings (SSSR count). The van der Waals surface area contributed by atoms with Crippen molar-refractivity contribution in [1.29, 1.82) is 0 Å². The van der Waals surface area contributed by atoms with Crippen molar-refractivity contribution >= 4 is 5.97 Å². The van der Waals surface area contributed by atoms with E-state index in [0.717, 1.165) is 39.6 Å². The fraction of sp³-hybridized carbons (Fsp3) is 0.375. The van der Waals surface area contributed by atoms with E-state index in [-0.39, 0.29) is 12.1 Å². The third-order valence-corrected chi connectivity index (χ3v) is 7.18. The maximum Gasteiger partial charge on any atom is 0.321 e. The molecule has 0 N–H and O–H groups in total. The van der Waals surface area contributed by atoms with Gasteiger partial charge >= 0.3 is 5.97 Å². The van der Waals surface area contributed by atoms with E-state index in [4.69, 9.17) is 4.74 Å². The minimum atomic E-state index is -0.735. The van der Waals surface area contributed by atoms with Crippen LogP contribution in [-0.2, 0) is 14.9 Å². The number of benzene rings is 2. The van der Waals surface area contributed by atoms with Crippen molar-refractivity contribution in [2.45, 2.75) is 43.4 Å². The highest BCUT2D eigenvalue weighted by molar-refractivity contribution is 5.97. The molecule has 0 saturated carbocycles. The van der Waals surface area contributed by atoms with E-state index in [1.165, 1.54) is 0 Å². The molecule has 3 atom stereocenters. The molecule has 2 aliphatic heterocycles. The maximum atomic E-state index is 13.5. The Labute approximate surface area is 160 Å². The van der Waals surface area contributed by atoms with Crippen LogP contribution in [0, 0.1) is 0 Å². The fourth-order valence-corrected chi connectivity index (χ4v) is 5.32. The summed E-state index contributed by atoms with van der Waals surface area (Å²) in [6.07, 6.45) is 6.42. The summed E-state index contributed by atoms with van der Waals surface area (Å²) < 4.78 is 7.16. The molecule has 0 amide bonds. The van der Waals surface area contributed by atoms with Gasteiger partial charge in [0.05, 0.1) is 14.1 Å². The zero-order valence-electron chi connectivity index (χ0n) is 16.2. The molecule has 3 heteroatoms. The molecule has 1 fully saturated rings. The minimum Gasteiger partial charge on any atom is -0.461 e. The molecule has 2 aromatic carbocycles. The van der Waals surface area contributed by atoms with Crippen LogP contribution >= 0.6 is 0 Å². The second-order valence-electron chi connectivity index (χ2n) is 8.86. The van der Waals surface area contributed by atoms with Crippen LogP contribution in [0.2, 0.25) is 0 Å². The van der Waals surface area contributed by atoms with E-state index in [1.807, 2.05) is 31.2 Å². The van der Waals surface area contributed by atoms with Crippen LogP contribution in [0.25, 0.3) is 11.1 Å². The summed E-state index contributed by atoms with van der Waals surface area (Å²) in [5.41, 5.74) is 3.68. The molecule has 3 aliphatic rings. The average molecular weight is 360 g/mol. The first-order valence-electron chi connectivity index (χ1n) is 9.84. The van der Waals surface area contributed by atoms with Gasteiger partial charge in [0.15, 0.2) is 0 Å². The number of ether oxygens (including phenoxy) is 1. The lowest BCUT2D eigenvalue weighted by Gasteiger charge is -2.44. The average Bonchev–Trinajstić information content (AvgIpc) is 2.96. The first kappa shape index (κ1) is 16.8. The topological polar surface area (TPSA) is 26.3 Å². The van der Waals surface area contributed by atoms with Crippen LogP contribution in [0.15, 0.2) is 60.7 Å². The summed E-state index contributed by atoms with van der Waals surface area (Å²) in [7, 11) is 4.55. The van der Waals surface area contributed by atoms with Crippen LogP contribution in [0.5, 0.6) is 0 Å². The molecule has 1 saturated heterocycles. The zero-order valence-corrected chi connectivity index (χ0v) is 16.2. The van der Waals surface area contributed by atoms with Crippen LogP contribution in [0.3, 0.4) is 0 Å². The number of fused-ring (bicyclic) bond motifs is 5. The molecule has 1 aliphatic carbocycles. The highest BCUT2D eigenvalue weighted by Gasteiger charge is 2.50. The first-order chi connectivity index (χ1) is 12.9. The molecule has 0 radical (unpaired) electrons. The van der Waals surface area contributed by atoms with Crippen LogP contribution in [0.1, 0.15) is 30.9 Å². The van der Waals surface area contributed by atoms with Crippen molar-refractivity contribution in [3.8, 4) is 11.1 Å². The number of nitrogens with zero attached hydrogens (tertiary/aromatic N) is 1. The highest BCUT2D eigenvalue weighted by atomic mass is 16.5. The standard InChI is InChI=1S/C24H26NO2/c1-24(21-10-6-4-8-19(21)20-9-5-7-11-22(20)24)23(26)27-18-14-16-12-13-17(15-18)25(16,2)3/h4-13,16-18H,14-15H2,1-3H3/q+1/t16-,17?,18?/m1/s1. The number of piperidine rings is 1. The molecule has 138 valence electrons. The molecule has 0 spiro atoms. The van der Waals surface area contributed by atoms with E-state index >= 15 is 0 Å². The Balaban J connectivity index is 1.47. The Morgan fingerprint density at radius 2 is 1.41 bits per heavy atom. The molecule has 2 heterocycles. The Morgan fingerprint density at radius 1 is 0.926 bits per heavy atom. The number of quaternary nitrogens is 1. The molecule has 2 unspecified atom stereocenters. The van der Waals surface area contributed by atoms with Crippen molar-refractivity contribution in [2.75, 3.05) is 14.1 Å². The lowest BCUT2D eigenvalue weighted by molar-refractivity contribution is -0.926. The Kier molecular flexibility index (Phi) is 3.45. The van der Waals surface area contributed by atoms with Gasteiger partial charge in [-0.1, -0.05) is 48.5 Å². The van der Waals surface area contributed by atoms with Crippen LogP contribution in [-0.4, -0.2) is 42.7 Å². The summed E-state index contributed by atoms with van der Waals surface area (Å²) in [6, 6.07) is 17.4. The number of esters is 1. The van der Waals surface area contributed by atoms with Crippen molar-refractivity contribution in [3.05, 3.63) is 71.8 Å². The summed E-state index contributed by atoms with van der Waals surface area (Å²) in [5, 5.41) is 0. The number of hydrogen-bond donors (Lipinski definition) is 0. The molecule has 2 aromatic rings. The van der Waals surface area contributed by atoms with Gasteiger partial charge in [-0.3, -0.25) is 4.79 Å². The van der Waals surface area contributed by atoms with Crippen molar-refractivity contribution in [2.24, 2.45) is 0 Å². The summed E-state index contributed by atoms with van der Waals surface area (Å²) in [4.78, 5) is 13.5. The molecular formula is C24H26NO2+. The van der Waals surface area contributed by atoms with Gasteiger partial charge in [0.2, 0.25) is 0 Å². The van der Waals surface area contributed by atoms with E-state index < -0.39 is 5.41 Å². The monoisotopic (exact) mass is 360 g/mol. The minimum absolute atomic E-state index is 0.00889. The van der Waals surface area contributed by atoms with E-state index in [2.05, 4.69) is 50.5 Å². The van der Waals surface area contributed by atoms with Crippen molar-refractivity contribution in [3.63, 3.8) is 0 Å². The first-order valence-corrected chi connectivity index (χ1v) is 9.84. The van der Waals surface area contributed by atoms with Gasteiger partial charge in [0.25, 0.3) is 0 Å². The number of rotatable bonds is 2. The Morgan fingerprint density at radius 3 is 1.93 bits per heavy atom. The maximum absolute atomic E-state index is 13.5. The fourth-order valence-electron chi connectivity index (χ4n) is 5.32. The molecule has 27 heavy (non-hydrogen) atoms. The smallest absolute Gasteiger partial charge is 0.321 e. The summed E-state index contributed by atoms with van der Waals surface area (Å²) in [6.45, 7) is 2.02. The van der Waals surface area contributed by atoms with Crippen molar-refractivity contribution < 1.29 is 14.0 Å². The quantitative estimate of drug-likeness (QED) is 0.459. The lowest BCUT2D eigenvalue weighted by Crippen LogP contribution is -2.57. The normalized spacial score (nSPS) is 28.5. The number of carbonyl (C=O) groups excluding carboxylic acids is 1. The second-order valence-corrected chi connectivity index (χ2v) is 8.86. The van der Waals surface area contributed by atoms with E-state index in [0.29, 0.717) is 12.1 Å². The predicted molar refractivity (Wildman–Crippen MR) is 106 cm³/mol. The predicted octanol–water partition coefficient (Wildman–Crippen LogP) is 4.06. The van der Waals surface area contributed by atoms with Crippen LogP contribution < -0.4 is 0 Å². The molecular weight excluding hydrogens is 334 g/mol. The molecule has 0 aromatic heterocycles. The third kappa shape index (κ3) is 2.21. The number of likely N-dealkylation sites (N-methyl/N-ethyl adjacent to an activating group) is 1. The summed E-state index contributed by atoms with van der Waals surface area (Å²) in [5.74, 6) is -0.114. The molecule has 3 nitrogen and oxygen atoms in total. The van der Waals surface area contributed by atoms with Gasteiger partial charge < -0.3 is 9.22 Å². The molecule has 2 bridgehead atoms. The largest absolute Gasteiger partial charge is 0.461 e.